The van der Waals surface area contributed by atoms with Crippen molar-refractivity contribution in [1.82, 2.24) is 20.2 Å². The summed E-state index contributed by atoms with van der Waals surface area (Å²) in [5.74, 6) is -0.758. The van der Waals surface area contributed by atoms with Gasteiger partial charge in [-0.2, -0.15) is 13.2 Å². The predicted molar refractivity (Wildman–Crippen MR) is 119 cm³/mol. The van der Waals surface area contributed by atoms with Crippen LogP contribution in [0.15, 0.2) is 60.9 Å². The van der Waals surface area contributed by atoms with Gasteiger partial charge < -0.3 is 15.2 Å². The Morgan fingerprint density at radius 3 is 2.38 bits per heavy atom. The van der Waals surface area contributed by atoms with E-state index in [2.05, 4.69) is 15.6 Å². The first kappa shape index (κ1) is 23.8. The SMILES string of the molecule is Cn1ccnc1C(Cc1ccccc1)(NC(=O)NC1CCCC1)c1cc(F)cc(C(F)(F)F)c1. The Balaban J connectivity index is 1.88. The van der Waals surface area contributed by atoms with Crippen LogP contribution in [0.25, 0.3) is 0 Å². The second-order valence-corrected chi connectivity index (χ2v) is 8.74. The van der Waals surface area contributed by atoms with Gasteiger partial charge in [0.05, 0.1) is 5.56 Å². The summed E-state index contributed by atoms with van der Waals surface area (Å²) < 4.78 is 57.1. The number of carbonyl (C=O) groups excluding carboxylic acids is 1. The Labute approximate surface area is 195 Å². The monoisotopic (exact) mass is 474 g/mol. The first-order valence-corrected chi connectivity index (χ1v) is 11.2. The molecule has 9 heteroatoms. The van der Waals surface area contributed by atoms with Crippen molar-refractivity contribution in [3.8, 4) is 0 Å². The molecule has 5 nitrogen and oxygen atoms in total. The smallest absolute Gasteiger partial charge is 0.336 e. The molecular formula is C25H26F4N4O. The van der Waals surface area contributed by atoms with Gasteiger partial charge in [0.2, 0.25) is 0 Å². The van der Waals surface area contributed by atoms with Crippen LogP contribution in [0.3, 0.4) is 0 Å². The molecule has 1 aliphatic rings. The van der Waals surface area contributed by atoms with Crippen molar-refractivity contribution in [1.29, 1.82) is 0 Å². The van der Waals surface area contributed by atoms with Crippen molar-refractivity contribution in [3.63, 3.8) is 0 Å². The standard InChI is InChI=1S/C25H26F4N4O/c1-33-12-11-30-22(33)24(16-17-7-3-2-4-8-17,32-23(34)31-21-9-5-6-10-21)18-13-19(25(27,28)29)15-20(26)14-18/h2-4,7-8,11-15,21H,5-6,9-10,16H2,1H3,(H2,31,32,34). The summed E-state index contributed by atoms with van der Waals surface area (Å²) >= 11 is 0. The Hall–Kier alpha value is -3.36. The molecule has 1 fully saturated rings. The Kier molecular flexibility index (Phi) is 6.63. The Morgan fingerprint density at radius 1 is 1.09 bits per heavy atom. The molecule has 1 heterocycles. The molecule has 0 spiro atoms. The first-order valence-electron chi connectivity index (χ1n) is 11.2. The number of hydrogen-bond acceptors (Lipinski definition) is 2. The number of aryl methyl sites for hydroxylation is 1. The summed E-state index contributed by atoms with van der Waals surface area (Å²) in [7, 11) is 1.68. The van der Waals surface area contributed by atoms with E-state index in [1.807, 2.05) is 6.07 Å². The average molecular weight is 475 g/mol. The number of imidazole rings is 1. The van der Waals surface area contributed by atoms with E-state index in [4.69, 9.17) is 0 Å². The molecule has 0 aliphatic heterocycles. The van der Waals surface area contributed by atoms with Gasteiger partial charge in [-0.05, 0) is 42.2 Å². The minimum Gasteiger partial charge on any atom is -0.336 e. The van der Waals surface area contributed by atoms with Crippen LogP contribution in [0.2, 0.25) is 0 Å². The Bertz CT molecular complexity index is 1140. The van der Waals surface area contributed by atoms with Crippen molar-refractivity contribution >= 4 is 6.03 Å². The van der Waals surface area contributed by atoms with E-state index in [9.17, 15) is 22.4 Å². The maximum absolute atomic E-state index is 14.6. The van der Waals surface area contributed by atoms with Gasteiger partial charge in [-0.25, -0.2) is 14.2 Å². The van der Waals surface area contributed by atoms with Crippen LogP contribution in [0.1, 0.15) is 48.2 Å². The van der Waals surface area contributed by atoms with Crippen LogP contribution >= 0.6 is 0 Å². The van der Waals surface area contributed by atoms with E-state index in [0.29, 0.717) is 6.07 Å². The van der Waals surface area contributed by atoms with Crippen LogP contribution in [0, 0.1) is 5.82 Å². The highest BCUT2D eigenvalue weighted by Gasteiger charge is 2.42. The molecule has 34 heavy (non-hydrogen) atoms. The average Bonchev–Trinajstić information content (AvgIpc) is 3.44. The zero-order valence-electron chi connectivity index (χ0n) is 18.7. The van der Waals surface area contributed by atoms with Gasteiger partial charge in [-0.3, -0.25) is 0 Å². The summed E-state index contributed by atoms with van der Waals surface area (Å²) in [5, 5.41) is 5.83. The number of aromatic nitrogens is 2. The molecule has 4 rings (SSSR count). The van der Waals surface area contributed by atoms with Crippen LogP contribution in [0.4, 0.5) is 22.4 Å². The van der Waals surface area contributed by atoms with E-state index in [0.717, 1.165) is 43.4 Å². The number of nitrogens with one attached hydrogen (secondary N) is 2. The largest absolute Gasteiger partial charge is 0.416 e. The van der Waals surface area contributed by atoms with Gasteiger partial charge in [0.25, 0.3) is 0 Å². The summed E-state index contributed by atoms with van der Waals surface area (Å²) in [6.07, 6.45) is 2.10. The third-order valence-corrected chi connectivity index (χ3v) is 6.25. The van der Waals surface area contributed by atoms with Gasteiger partial charge in [0.1, 0.15) is 17.2 Å². The van der Waals surface area contributed by atoms with Gasteiger partial charge in [0.15, 0.2) is 0 Å². The molecule has 2 N–H and O–H groups in total. The lowest BCUT2D eigenvalue weighted by Crippen LogP contribution is -2.54. The molecule has 0 bridgehead atoms. The number of urea groups is 1. The van der Waals surface area contributed by atoms with Crippen molar-refractivity contribution in [2.24, 2.45) is 7.05 Å². The molecule has 3 aromatic rings. The Morgan fingerprint density at radius 2 is 1.76 bits per heavy atom. The minimum atomic E-state index is -4.76. The zero-order valence-corrected chi connectivity index (χ0v) is 18.7. The maximum Gasteiger partial charge on any atom is 0.416 e. The molecule has 2 amide bonds. The van der Waals surface area contributed by atoms with Crippen molar-refractivity contribution in [3.05, 3.63) is 89.3 Å². The normalized spacial score (nSPS) is 16.3. The highest BCUT2D eigenvalue weighted by Crippen LogP contribution is 2.37. The molecule has 0 radical (unpaired) electrons. The first-order chi connectivity index (χ1) is 16.2. The fraction of sp³-hybridized carbons (Fsp3) is 0.360. The van der Waals surface area contributed by atoms with Crippen molar-refractivity contribution < 1.29 is 22.4 Å². The molecule has 1 saturated carbocycles. The number of alkyl halides is 3. The number of halogens is 4. The highest BCUT2D eigenvalue weighted by molar-refractivity contribution is 5.76. The summed E-state index contributed by atoms with van der Waals surface area (Å²) in [4.78, 5) is 17.6. The molecule has 2 aromatic carbocycles. The molecule has 1 unspecified atom stereocenters. The van der Waals surface area contributed by atoms with Gasteiger partial charge in [0, 0.05) is 31.9 Å². The molecule has 0 saturated heterocycles. The van der Waals surface area contributed by atoms with E-state index < -0.39 is 29.1 Å². The van der Waals surface area contributed by atoms with Crippen LogP contribution in [-0.4, -0.2) is 21.6 Å². The highest BCUT2D eigenvalue weighted by atomic mass is 19.4. The summed E-state index contributed by atoms with van der Waals surface area (Å²) in [5.41, 5.74) is -2.00. The van der Waals surface area contributed by atoms with Gasteiger partial charge in [-0.1, -0.05) is 43.2 Å². The number of nitrogens with zero attached hydrogens (tertiary/aromatic N) is 2. The zero-order chi connectivity index (χ0) is 24.3. The predicted octanol–water partition coefficient (Wildman–Crippen LogP) is 5.31. The number of hydrogen-bond donors (Lipinski definition) is 2. The van der Waals surface area contributed by atoms with Crippen molar-refractivity contribution in [2.75, 3.05) is 0 Å². The third-order valence-electron chi connectivity index (χ3n) is 6.25. The number of benzene rings is 2. The van der Waals surface area contributed by atoms with E-state index >= 15 is 0 Å². The summed E-state index contributed by atoms with van der Waals surface area (Å²) in [6, 6.07) is 10.8. The third kappa shape index (κ3) is 5.08. The molecular weight excluding hydrogens is 448 g/mol. The molecule has 180 valence electrons. The van der Waals surface area contributed by atoms with E-state index in [1.54, 1.807) is 42.1 Å². The molecule has 1 aromatic heterocycles. The van der Waals surface area contributed by atoms with Crippen LogP contribution in [-0.2, 0) is 25.2 Å². The number of amides is 2. The quantitative estimate of drug-likeness (QED) is 0.476. The maximum atomic E-state index is 14.6. The lowest BCUT2D eigenvalue weighted by molar-refractivity contribution is -0.137. The van der Waals surface area contributed by atoms with E-state index in [-0.39, 0.29) is 23.9 Å². The van der Waals surface area contributed by atoms with Crippen LogP contribution < -0.4 is 10.6 Å². The lowest BCUT2D eigenvalue weighted by atomic mass is 9.81. The topological polar surface area (TPSA) is 59.0 Å². The minimum absolute atomic E-state index is 0.0194. The summed E-state index contributed by atoms with van der Waals surface area (Å²) in [6.45, 7) is 0. The second kappa shape index (κ2) is 9.48. The van der Waals surface area contributed by atoms with Gasteiger partial charge in [-0.15, -0.1) is 0 Å². The number of carbonyl (C=O) groups is 1. The second-order valence-electron chi connectivity index (χ2n) is 8.74. The lowest BCUT2D eigenvalue weighted by Gasteiger charge is -2.36. The molecule has 1 aliphatic carbocycles. The fourth-order valence-corrected chi connectivity index (χ4v) is 4.65. The number of rotatable bonds is 6. The molecule has 1 atom stereocenters. The van der Waals surface area contributed by atoms with E-state index in [1.165, 1.54) is 6.20 Å². The fourth-order valence-electron chi connectivity index (χ4n) is 4.65. The van der Waals surface area contributed by atoms with Crippen molar-refractivity contribution in [2.45, 2.75) is 49.9 Å². The van der Waals surface area contributed by atoms with Crippen LogP contribution in [0.5, 0.6) is 0 Å². The van der Waals surface area contributed by atoms with Gasteiger partial charge >= 0.3 is 12.2 Å².